The van der Waals surface area contributed by atoms with Gasteiger partial charge >= 0.3 is 0 Å². The van der Waals surface area contributed by atoms with Crippen LogP contribution in [0.3, 0.4) is 0 Å². The maximum Gasteiger partial charge on any atom is 0.137 e. The van der Waals surface area contributed by atoms with Crippen LogP contribution >= 0.6 is 39.1 Å². The number of hydrogen-bond acceptors (Lipinski definition) is 0. The zero-order valence-electron chi connectivity index (χ0n) is 11.5. The fourth-order valence-corrected chi connectivity index (χ4v) is 3.49. The Labute approximate surface area is 143 Å². The maximum atomic E-state index is 13.3. The molecule has 0 aliphatic heterocycles. The van der Waals surface area contributed by atoms with E-state index in [9.17, 15) is 4.39 Å². The van der Waals surface area contributed by atoms with Crippen LogP contribution in [-0.2, 0) is 12.8 Å². The minimum absolute atomic E-state index is 0.234. The lowest BCUT2D eigenvalue weighted by Gasteiger charge is -2.30. The topological polar surface area (TPSA) is 0 Å². The van der Waals surface area contributed by atoms with Gasteiger partial charge in [0, 0.05) is 17.2 Å². The van der Waals surface area contributed by atoms with E-state index in [1.54, 1.807) is 12.1 Å². The van der Waals surface area contributed by atoms with Crippen LogP contribution in [0, 0.1) is 11.2 Å². The maximum absolute atomic E-state index is 13.3. The summed E-state index contributed by atoms with van der Waals surface area (Å²) in [5.74, 6) is 0.657. The number of alkyl halides is 2. The molecule has 21 heavy (non-hydrogen) atoms. The minimum Gasteiger partial charge on any atom is -0.206 e. The van der Waals surface area contributed by atoms with Gasteiger partial charge in [0.2, 0.25) is 0 Å². The van der Waals surface area contributed by atoms with Crippen molar-refractivity contribution in [3.63, 3.8) is 0 Å². The van der Waals surface area contributed by atoms with Gasteiger partial charge in [-0.1, -0.05) is 36.4 Å². The Morgan fingerprint density at radius 1 is 0.905 bits per heavy atom. The highest BCUT2D eigenvalue weighted by Gasteiger charge is 2.29. The van der Waals surface area contributed by atoms with Crippen molar-refractivity contribution < 1.29 is 4.39 Å². The third-order valence-corrected chi connectivity index (χ3v) is 5.29. The molecule has 0 aliphatic rings. The van der Waals surface area contributed by atoms with E-state index < -0.39 is 0 Å². The summed E-state index contributed by atoms with van der Waals surface area (Å²) in [7, 11) is 0. The van der Waals surface area contributed by atoms with Gasteiger partial charge in [0.25, 0.3) is 0 Å². The molecule has 0 spiro atoms. The summed E-state index contributed by atoms with van der Waals surface area (Å²) in [5.41, 5.74) is 2.00. The molecule has 0 fully saturated rings. The highest BCUT2D eigenvalue weighted by Crippen LogP contribution is 2.32. The van der Waals surface area contributed by atoms with E-state index in [-0.39, 0.29) is 11.2 Å². The van der Waals surface area contributed by atoms with E-state index in [0.717, 1.165) is 12.0 Å². The van der Waals surface area contributed by atoms with Crippen molar-refractivity contribution in [2.75, 3.05) is 11.8 Å². The monoisotopic (exact) mass is 388 g/mol. The lowest BCUT2D eigenvalue weighted by atomic mass is 9.80. The fourth-order valence-electron chi connectivity index (χ4n) is 2.40. The smallest absolute Gasteiger partial charge is 0.137 e. The number of rotatable bonds is 6. The Kier molecular flexibility index (Phi) is 6.09. The molecule has 0 aliphatic carbocycles. The molecular weight excluding hydrogens is 374 g/mol. The first-order chi connectivity index (χ1) is 10.1. The van der Waals surface area contributed by atoms with Gasteiger partial charge in [0.1, 0.15) is 5.82 Å². The van der Waals surface area contributed by atoms with Gasteiger partial charge in [-0.25, -0.2) is 4.39 Å². The molecule has 0 unspecified atom stereocenters. The van der Waals surface area contributed by atoms with Crippen molar-refractivity contribution in [1.82, 2.24) is 0 Å². The number of hydrogen-bond donors (Lipinski definition) is 0. The predicted molar refractivity (Wildman–Crippen MR) is 91.8 cm³/mol. The van der Waals surface area contributed by atoms with E-state index in [1.165, 1.54) is 11.6 Å². The molecule has 0 saturated heterocycles. The van der Waals surface area contributed by atoms with Crippen molar-refractivity contribution in [1.29, 1.82) is 0 Å². The Morgan fingerprint density at radius 2 is 1.52 bits per heavy atom. The van der Waals surface area contributed by atoms with E-state index in [1.807, 2.05) is 18.2 Å². The van der Waals surface area contributed by atoms with Crippen LogP contribution in [0.1, 0.15) is 11.1 Å². The number of benzene rings is 2. The molecule has 112 valence electrons. The fraction of sp³-hybridized carbons (Fsp3) is 0.294. The molecule has 0 bridgehead atoms. The zero-order valence-corrected chi connectivity index (χ0v) is 14.6. The highest BCUT2D eigenvalue weighted by atomic mass is 79.9. The summed E-state index contributed by atoms with van der Waals surface area (Å²) in [6, 6.07) is 15.2. The third kappa shape index (κ3) is 4.45. The summed E-state index contributed by atoms with van der Waals surface area (Å²) < 4.78 is 13.8. The highest BCUT2D eigenvalue weighted by molar-refractivity contribution is 9.10. The molecule has 0 N–H and O–H groups in total. The van der Waals surface area contributed by atoms with Crippen LogP contribution in [0.5, 0.6) is 0 Å². The van der Waals surface area contributed by atoms with Crippen molar-refractivity contribution in [3.05, 3.63) is 69.9 Å². The Hall–Kier alpha value is -0.570. The molecule has 0 nitrogen and oxygen atoms in total. The van der Waals surface area contributed by atoms with E-state index in [4.69, 9.17) is 23.2 Å². The molecule has 4 heteroatoms. The lowest BCUT2D eigenvalue weighted by molar-refractivity contribution is 0.373. The second-order valence-corrected chi connectivity index (χ2v) is 6.74. The van der Waals surface area contributed by atoms with Crippen LogP contribution < -0.4 is 0 Å². The third-order valence-electron chi connectivity index (χ3n) is 3.55. The zero-order chi connectivity index (χ0) is 15.3. The van der Waals surface area contributed by atoms with Crippen molar-refractivity contribution in [3.8, 4) is 0 Å². The summed E-state index contributed by atoms with van der Waals surface area (Å²) >= 11 is 15.7. The van der Waals surface area contributed by atoms with Crippen LogP contribution in [0.25, 0.3) is 0 Å². The van der Waals surface area contributed by atoms with Crippen molar-refractivity contribution in [2.45, 2.75) is 12.8 Å². The van der Waals surface area contributed by atoms with Crippen LogP contribution in [0.4, 0.5) is 4.39 Å². The van der Waals surface area contributed by atoms with Gasteiger partial charge in [0.05, 0.1) is 4.47 Å². The molecular formula is C17H16BrCl2F. The molecule has 0 aromatic heterocycles. The largest absolute Gasteiger partial charge is 0.206 e. The predicted octanol–water partition coefficient (Wildman–Crippen LogP) is 5.84. The average Bonchev–Trinajstić information content (AvgIpc) is 2.51. The average molecular weight is 390 g/mol. The molecule has 0 saturated carbocycles. The Morgan fingerprint density at radius 3 is 2.10 bits per heavy atom. The van der Waals surface area contributed by atoms with E-state index >= 15 is 0 Å². The summed E-state index contributed by atoms with van der Waals surface area (Å²) in [6.45, 7) is 0. The second-order valence-electron chi connectivity index (χ2n) is 5.35. The molecule has 2 aromatic rings. The van der Waals surface area contributed by atoms with Crippen LogP contribution in [0.2, 0.25) is 0 Å². The molecule has 2 rings (SSSR count). The lowest BCUT2D eigenvalue weighted by Crippen LogP contribution is -2.31. The Balaban J connectivity index is 2.23. The second kappa shape index (κ2) is 7.62. The molecule has 0 radical (unpaired) electrons. The van der Waals surface area contributed by atoms with E-state index in [0.29, 0.717) is 22.7 Å². The first kappa shape index (κ1) is 16.8. The van der Waals surface area contributed by atoms with Gasteiger partial charge in [-0.2, -0.15) is 0 Å². The summed E-state index contributed by atoms with van der Waals surface area (Å²) in [5, 5.41) is 0. The van der Waals surface area contributed by atoms with Gasteiger partial charge in [-0.3, -0.25) is 0 Å². The van der Waals surface area contributed by atoms with Gasteiger partial charge < -0.3 is 0 Å². The molecule has 0 atom stereocenters. The number of halogens is 4. The normalized spacial score (nSPS) is 11.6. The first-order valence-corrected chi connectivity index (χ1v) is 8.54. The summed E-state index contributed by atoms with van der Waals surface area (Å²) in [4.78, 5) is 0. The molecule has 0 amide bonds. The van der Waals surface area contributed by atoms with Gasteiger partial charge in [-0.05, 0) is 52.0 Å². The summed E-state index contributed by atoms with van der Waals surface area (Å²) in [6.07, 6.45) is 1.52. The SMILES string of the molecule is Fc1ccc(CC(CCl)(CCl)Cc2ccccc2)cc1Br. The quantitative estimate of drug-likeness (QED) is 0.544. The molecule has 2 aromatic carbocycles. The molecule has 0 heterocycles. The van der Waals surface area contributed by atoms with Crippen LogP contribution in [-0.4, -0.2) is 11.8 Å². The van der Waals surface area contributed by atoms with Crippen molar-refractivity contribution in [2.24, 2.45) is 5.41 Å². The standard InChI is InChI=1S/C17H16BrCl2F/c18-15-8-14(6-7-16(15)21)10-17(11-19,12-20)9-13-4-2-1-3-5-13/h1-8H,9-12H2. The van der Waals surface area contributed by atoms with Gasteiger partial charge in [-0.15, -0.1) is 23.2 Å². The van der Waals surface area contributed by atoms with Crippen LogP contribution in [0.15, 0.2) is 53.0 Å². The van der Waals surface area contributed by atoms with Crippen molar-refractivity contribution >= 4 is 39.1 Å². The van der Waals surface area contributed by atoms with Gasteiger partial charge in [0.15, 0.2) is 0 Å². The first-order valence-electron chi connectivity index (χ1n) is 6.68. The minimum atomic E-state index is -0.260. The van der Waals surface area contributed by atoms with E-state index in [2.05, 4.69) is 28.1 Å². The Bertz CT molecular complexity index is 583.